The number of benzene rings is 1. The minimum absolute atomic E-state index is 0.00846. The number of nitriles is 1. The number of ether oxygens (including phenoxy) is 2. The largest absolute Gasteiger partial charge is 0.463 e. The molecule has 1 aromatic rings. The van der Waals surface area contributed by atoms with Crippen LogP contribution in [0.1, 0.15) is 18.4 Å². The van der Waals surface area contributed by atoms with Gasteiger partial charge >= 0.3 is 12.0 Å². The first-order valence-electron chi connectivity index (χ1n) is 10.9. The van der Waals surface area contributed by atoms with Gasteiger partial charge in [-0.1, -0.05) is 30.0 Å². The van der Waals surface area contributed by atoms with E-state index < -0.39 is 41.9 Å². The van der Waals surface area contributed by atoms with E-state index in [1.807, 2.05) is 6.07 Å². The van der Waals surface area contributed by atoms with Crippen molar-refractivity contribution in [2.75, 3.05) is 26.5 Å². The van der Waals surface area contributed by atoms with E-state index in [0.717, 1.165) is 16.7 Å². The Hall–Kier alpha value is -4.05. The summed E-state index contributed by atoms with van der Waals surface area (Å²) in [6.45, 7) is 1.66. The van der Waals surface area contributed by atoms with Crippen molar-refractivity contribution in [3.63, 3.8) is 0 Å². The number of nitrogens with one attached hydrogen (secondary N) is 1. The molecule has 3 aliphatic rings. The topological polar surface area (TPSA) is 150 Å². The summed E-state index contributed by atoms with van der Waals surface area (Å²) in [5, 5.41) is 13.1. The van der Waals surface area contributed by atoms with Crippen molar-refractivity contribution < 1.29 is 28.2 Å². The summed E-state index contributed by atoms with van der Waals surface area (Å²) in [6.07, 6.45) is -0.726. The van der Waals surface area contributed by atoms with Gasteiger partial charge < -0.3 is 25.4 Å². The van der Waals surface area contributed by atoms with E-state index in [2.05, 4.69) is 10.3 Å². The molecule has 188 valence electrons. The van der Waals surface area contributed by atoms with Gasteiger partial charge in [-0.2, -0.15) is 5.26 Å². The molecule has 3 amide bonds. The Balaban J connectivity index is 1.68. The van der Waals surface area contributed by atoms with E-state index in [0.29, 0.717) is 5.17 Å². The Kier molecular flexibility index (Phi) is 6.89. The molecule has 0 radical (unpaired) electrons. The first-order valence-corrected chi connectivity index (χ1v) is 11.9. The van der Waals surface area contributed by atoms with Crippen LogP contribution in [0.5, 0.6) is 0 Å². The fourth-order valence-electron chi connectivity index (χ4n) is 4.18. The summed E-state index contributed by atoms with van der Waals surface area (Å²) >= 11 is 1.10. The van der Waals surface area contributed by atoms with Crippen LogP contribution in [0.25, 0.3) is 0 Å². The van der Waals surface area contributed by atoms with Crippen LogP contribution in [0.4, 0.5) is 9.18 Å². The van der Waals surface area contributed by atoms with E-state index >= 15 is 0 Å². The van der Waals surface area contributed by atoms with Crippen LogP contribution in [0, 0.1) is 17.1 Å². The second-order valence-corrected chi connectivity index (χ2v) is 9.02. The SMILES string of the molecule is CCOC(=O)C1=C(CSC2=N[C@H]3[C@H](N2)C(=O)N(C)C(=O)N3C)OC(N)=C(C#N)[C@H]1c1ccccc1F. The molecule has 3 heterocycles. The molecule has 0 saturated carbocycles. The van der Waals surface area contributed by atoms with Crippen molar-refractivity contribution in [3.8, 4) is 6.07 Å². The molecular weight excluding hydrogens is 491 g/mol. The van der Waals surface area contributed by atoms with Gasteiger partial charge in [-0.15, -0.1) is 0 Å². The predicted octanol–water partition coefficient (Wildman–Crippen LogP) is 1.36. The smallest absolute Gasteiger partial charge is 0.338 e. The molecule has 1 aromatic carbocycles. The van der Waals surface area contributed by atoms with Gasteiger partial charge in [0.15, 0.2) is 11.3 Å². The molecule has 1 fully saturated rings. The van der Waals surface area contributed by atoms with Crippen LogP contribution in [0.15, 0.2) is 52.0 Å². The number of allylic oxidation sites excluding steroid dienone is 1. The van der Waals surface area contributed by atoms with Crippen LogP contribution in [-0.2, 0) is 19.1 Å². The normalized spacial score (nSPS) is 23.6. The predicted molar refractivity (Wildman–Crippen MR) is 127 cm³/mol. The number of carbonyl (C=O) groups is 3. The van der Waals surface area contributed by atoms with E-state index in [4.69, 9.17) is 15.2 Å². The highest BCUT2D eigenvalue weighted by atomic mass is 32.2. The zero-order valence-electron chi connectivity index (χ0n) is 19.6. The van der Waals surface area contributed by atoms with Gasteiger partial charge in [0.25, 0.3) is 5.91 Å². The lowest BCUT2D eigenvalue weighted by molar-refractivity contribution is -0.139. The number of carbonyl (C=O) groups excluding carboxylic acids is 3. The summed E-state index contributed by atoms with van der Waals surface area (Å²) in [6, 6.07) is 6.45. The maximum Gasteiger partial charge on any atom is 0.338 e. The van der Waals surface area contributed by atoms with Gasteiger partial charge in [0.05, 0.1) is 23.9 Å². The molecule has 3 atom stereocenters. The van der Waals surface area contributed by atoms with Crippen molar-refractivity contribution in [2.45, 2.75) is 25.0 Å². The first-order chi connectivity index (χ1) is 17.2. The van der Waals surface area contributed by atoms with Crippen molar-refractivity contribution >= 4 is 34.8 Å². The van der Waals surface area contributed by atoms with Crippen LogP contribution in [0.2, 0.25) is 0 Å². The second kappa shape index (κ2) is 9.90. The van der Waals surface area contributed by atoms with E-state index in [-0.39, 0.29) is 40.7 Å². The molecule has 3 aliphatic heterocycles. The first kappa shape index (κ1) is 25.1. The summed E-state index contributed by atoms with van der Waals surface area (Å²) in [7, 11) is 2.93. The van der Waals surface area contributed by atoms with Gasteiger partial charge in [-0.3, -0.25) is 9.69 Å². The number of hydrogen-bond donors (Lipinski definition) is 2. The molecule has 0 aromatic heterocycles. The lowest BCUT2D eigenvalue weighted by Gasteiger charge is -2.36. The standard InChI is InChI=1S/C23H23FN6O5S/c1-4-34-21(32)16-14(35-18(26)12(9-25)15(16)11-7-5-6-8-13(11)24)10-36-22-27-17-19(28-22)29(2)23(33)30(3)20(17)31/h5-8,15,17,19H,4,10,26H2,1-3H3,(H,27,28)/t15-,17+,19-/m1/s1. The zero-order chi connectivity index (χ0) is 26.1. The lowest BCUT2D eigenvalue weighted by atomic mass is 9.83. The fourth-order valence-corrected chi connectivity index (χ4v) is 5.06. The third kappa shape index (κ3) is 4.24. The van der Waals surface area contributed by atoms with Gasteiger partial charge in [-0.05, 0) is 13.0 Å². The summed E-state index contributed by atoms with van der Waals surface area (Å²) in [4.78, 5) is 44.6. The molecule has 1 saturated heterocycles. The summed E-state index contributed by atoms with van der Waals surface area (Å²) < 4.78 is 25.7. The van der Waals surface area contributed by atoms with E-state index in [1.165, 1.54) is 30.1 Å². The molecule has 0 unspecified atom stereocenters. The number of halogens is 1. The number of likely N-dealkylation sites (N-methyl/N-ethyl adjacent to an activating group) is 2. The molecule has 0 spiro atoms. The number of amidine groups is 1. The lowest BCUT2D eigenvalue weighted by Crippen LogP contribution is -2.63. The monoisotopic (exact) mass is 514 g/mol. The summed E-state index contributed by atoms with van der Waals surface area (Å²) in [5.41, 5.74) is 5.91. The Labute approximate surface area is 210 Å². The quantitative estimate of drug-likeness (QED) is 0.555. The van der Waals surface area contributed by atoms with Crippen molar-refractivity contribution in [1.82, 2.24) is 15.1 Å². The highest BCUT2D eigenvalue weighted by Gasteiger charge is 2.47. The average molecular weight is 515 g/mol. The number of aliphatic imine (C=N–C) groups is 1. The van der Waals surface area contributed by atoms with Gasteiger partial charge in [0, 0.05) is 19.7 Å². The number of nitrogens with two attached hydrogens (primary N) is 1. The number of hydrogen-bond acceptors (Lipinski definition) is 10. The molecular formula is C23H23FN6O5S. The van der Waals surface area contributed by atoms with Gasteiger partial charge in [-0.25, -0.2) is 19.0 Å². The van der Waals surface area contributed by atoms with Crippen LogP contribution < -0.4 is 11.1 Å². The van der Waals surface area contributed by atoms with E-state index in [1.54, 1.807) is 20.0 Å². The molecule has 0 aliphatic carbocycles. The summed E-state index contributed by atoms with van der Waals surface area (Å²) in [5.74, 6) is -3.17. The van der Waals surface area contributed by atoms with Crippen LogP contribution in [-0.4, -0.2) is 71.5 Å². The minimum Gasteiger partial charge on any atom is -0.463 e. The van der Waals surface area contributed by atoms with Crippen molar-refractivity contribution in [2.24, 2.45) is 10.7 Å². The number of esters is 1. The third-order valence-electron chi connectivity index (χ3n) is 5.96. The molecule has 13 heteroatoms. The molecule has 3 N–H and O–H groups in total. The van der Waals surface area contributed by atoms with Crippen molar-refractivity contribution in [3.05, 3.63) is 58.4 Å². The molecule has 11 nitrogen and oxygen atoms in total. The number of thioether (sulfide) groups is 1. The van der Waals surface area contributed by atoms with Gasteiger partial charge in [0.1, 0.15) is 29.3 Å². The minimum atomic E-state index is -1.14. The highest BCUT2D eigenvalue weighted by molar-refractivity contribution is 8.14. The maximum atomic E-state index is 14.8. The molecule has 0 bridgehead atoms. The van der Waals surface area contributed by atoms with Crippen molar-refractivity contribution in [1.29, 1.82) is 5.26 Å². The number of imide groups is 1. The number of nitrogens with zero attached hydrogens (tertiary/aromatic N) is 4. The third-order valence-corrected chi connectivity index (χ3v) is 6.86. The van der Waals surface area contributed by atoms with Crippen LogP contribution >= 0.6 is 11.8 Å². The van der Waals surface area contributed by atoms with E-state index in [9.17, 15) is 24.0 Å². The maximum absolute atomic E-state index is 14.8. The number of urea groups is 1. The Morgan fingerprint density at radius 1 is 1.36 bits per heavy atom. The number of fused-ring (bicyclic) bond motifs is 1. The zero-order valence-corrected chi connectivity index (χ0v) is 20.5. The van der Waals surface area contributed by atoms with Gasteiger partial charge in [0.2, 0.25) is 5.88 Å². The molecule has 36 heavy (non-hydrogen) atoms. The number of rotatable bonds is 5. The van der Waals surface area contributed by atoms with Crippen LogP contribution in [0.3, 0.4) is 0 Å². The fraction of sp³-hybridized carbons (Fsp3) is 0.348. The Bertz CT molecular complexity index is 1270. The average Bonchev–Trinajstić information content (AvgIpc) is 3.29. The second-order valence-electron chi connectivity index (χ2n) is 8.05. The Morgan fingerprint density at radius 3 is 2.75 bits per heavy atom. The highest BCUT2D eigenvalue weighted by Crippen LogP contribution is 2.41. The number of amides is 3. The molecule has 4 rings (SSSR count). The Morgan fingerprint density at radius 2 is 2.08 bits per heavy atom.